The number of hydrogen-bond donors (Lipinski definition) is 1. The Morgan fingerprint density at radius 2 is 1.74 bits per heavy atom. The monoisotopic (exact) mass is 397 g/mol. The largest absolute Gasteiger partial charge is 0.457 e. The van der Waals surface area contributed by atoms with Crippen molar-refractivity contribution in [2.75, 3.05) is 0 Å². The van der Waals surface area contributed by atoms with E-state index in [1.807, 2.05) is 0 Å². The summed E-state index contributed by atoms with van der Waals surface area (Å²) in [5.74, 6) is 0.333. The van der Waals surface area contributed by atoms with E-state index in [-0.39, 0.29) is 17.9 Å². The molecule has 0 fully saturated rings. The van der Waals surface area contributed by atoms with Gasteiger partial charge in [0, 0.05) is 11.2 Å². The number of ether oxygens (including phenoxy) is 1. The molecule has 2 aromatic carbocycles. The number of alkyl halides is 3. The van der Waals surface area contributed by atoms with Crippen LogP contribution in [-0.4, -0.2) is 20.1 Å². The summed E-state index contributed by atoms with van der Waals surface area (Å²) in [6.45, 7) is 1.10. The molecule has 0 unspecified atom stereocenters. The quantitative estimate of drug-likeness (QED) is 0.680. The molecule has 1 aromatic heterocycles. The molecule has 0 saturated carbocycles. The van der Waals surface area contributed by atoms with Crippen LogP contribution in [0.25, 0.3) is 0 Å². The third kappa shape index (κ3) is 4.58. The SMILES string of the molecule is C[C@@](O)(Cn1ccnn1)c1ccc(Oc2ccc(Cl)cc2)cc1C(F)(F)F. The lowest BCUT2D eigenvalue weighted by atomic mass is 9.90. The lowest BCUT2D eigenvalue weighted by Gasteiger charge is -2.27. The van der Waals surface area contributed by atoms with Crippen molar-refractivity contribution < 1.29 is 23.0 Å². The van der Waals surface area contributed by atoms with Gasteiger partial charge in [-0.25, -0.2) is 4.68 Å². The second-order valence-corrected chi connectivity index (χ2v) is 6.57. The number of rotatable bonds is 5. The van der Waals surface area contributed by atoms with Crippen LogP contribution in [-0.2, 0) is 18.3 Å². The van der Waals surface area contributed by atoms with Crippen molar-refractivity contribution >= 4 is 11.6 Å². The van der Waals surface area contributed by atoms with E-state index in [1.54, 1.807) is 24.3 Å². The zero-order valence-electron chi connectivity index (χ0n) is 14.1. The molecular formula is C18H15ClF3N3O2. The van der Waals surface area contributed by atoms with Crippen LogP contribution in [0.2, 0.25) is 5.02 Å². The standard InChI is InChI=1S/C18H15ClF3N3O2/c1-17(26,11-25-9-8-23-24-25)15-7-6-14(10-16(15)18(20,21)22)27-13-4-2-12(19)3-5-13/h2-10,26H,11H2,1H3/t17-/m1/s1. The van der Waals surface area contributed by atoms with Gasteiger partial charge in [-0.1, -0.05) is 22.9 Å². The van der Waals surface area contributed by atoms with Crippen molar-refractivity contribution in [2.45, 2.75) is 25.2 Å². The van der Waals surface area contributed by atoms with Crippen LogP contribution in [0, 0.1) is 0 Å². The third-order valence-corrected chi connectivity index (χ3v) is 4.12. The fraction of sp³-hybridized carbons (Fsp3) is 0.222. The molecule has 0 aliphatic heterocycles. The summed E-state index contributed by atoms with van der Waals surface area (Å²) in [4.78, 5) is 0. The predicted octanol–water partition coefficient (Wildman–Crippen LogP) is 4.65. The molecule has 0 aliphatic rings. The smallest absolute Gasteiger partial charge is 0.416 e. The van der Waals surface area contributed by atoms with Crippen LogP contribution in [0.5, 0.6) is 11.5 Å². The van der Waals surface area contributed by atoms with Crippen molar-refractivity contribution in [2.24, 2.45) is 0 Å². The van der Waals surface area contributed by atoms with E-state index in [1.165, 1.54) is 36.1 Å². The highest BCUT2D eigenvalue weighted by molar-refractivity contribution is 6.30. The second kappa shape index (κ2) is 7.21. The van der Waals surface area contributed by atoms with Crippen molar-refractivity contribution in [1.29, 1.82) is 0 Å². The number of aliphatic hydroxyl groups is 1. The van der Waals surface area contributed by atoms with Crippen molar-refractivity contribution in [3.05, 3.63) is 71.0 Å². The fourth-order valence-corrected chi connectivity index (χ4v) is 2.77. The normalized spacial score (nSPS) is 14.0. The molecule has 5 nitrogen and oxygen atoms in total. The average molecular weight is 398 g/mol. The van der Waals surface area contributed by atoms with E-state index in [9.17, 15) is 18.3 Å². The van der Waals surface area contributed by atoms with Gasteiger partial charge in [-0.15, -0.1) is 5.10 Å². The Hall–Kier alpha value is -2.58. The number of hydrogen-bond acceptors (Lipinski definition) is 4. The van der Waals surface area contributed by atoms with Gasteiger partial charge >= 0.3 is 6.18 Å². The van der Waals surface area contributed by atoms with E-state index < -0.39 is 17.3 Å². The molecule has 0 aliphatic carbocycles. The van der Waals surface area contributed by atoms with E-state index in [2.05, 4.69) is 10.3 Å². The summed E-state index contributed by atoms with van der Waals surface area (Å²) < 4.78 is 47.6. The molecule has 0 radical (unpaired) electrons. The van der Waals surface area contributed by atoms with Gasteiger partial charge in [0.25, 0.3) is 0 Å². The summed E-state index contributed by atoms with van der Waals surface area (Å²) in [6.07, 6.45) is -1.84. The summed E-state index contributed by atoms with van der Waals surface area (Å²) in [5, 5.41) is 18.4. The molecule has 0 saturated heterocycles. The average Bonchev–Trinajstić information content (AvgIpc) is 3.08. The molecule has 1 heterocycles. The molecular weight excluding hydrogens is 383 g/mol. The van der Waals surface area contributed by atoms with Crippen LogP contribution >= 0.6 is 11.6 Å². The minimum atomic E-state index is -4.68. The van der Waals surface area contributed by atoms with E-state index in [0.29, 0.717) is 10.8 Å². The van der Waals surface area contributed by atoms with Gasteiger partial charge in [0.1, 0.15) is 17.1 Å². The molecule has 142 valence electrons. The molecule has 0 bridgehead atoms. The fourth-order valence-electron chi connectivity index (χ4n) is 2.65. The van der Waals surface area contributed by atoms with E-state index >= 15 is 0 Å². The summed E-state index contributed by atoms with van der Waals surface area (Å²) in [5.41, 5.74) is -3.09. The van der Waals surface area contributed by atoms with Crippen LogP contribution in [0.1, 0.15) is 18.1 Å². The maximum atomic E-state index is 13.6. The van der Waals surface area contributed by atoms with Crippen LogP contribution in [0.3, 0.4) is 0 Å². The highest BCUT2D eigenvalue weighted by atomic mass is 35.5. The van der Waals surface area contributed by atoms with Gasteiger partial charge in [-0.05, 0) is 48.9 Å². The molecule has 1 atom stereocenters. The molecule has 0 amide bonds. The predicted molar refractivity (Wildman–Crippen MR) is 92.6 cm³/mol. The molecule has 0 spiro atoms. The van der Waals surface area contributed by atoms with Gasteiger partial charge in [0.15, 0.2) is 0 Å². The number of nitrogens with zero attached hydrogens (tertiary/aromatic N) is 3. The number of halogens is 4. The van der Waals surface area contributed by atoms with E-state index in [0.717, 1.165) is 6.07 Å². The maximum absolute atomic E-state index is 13.6. The molecule has 3 rings (SSSR count). The van der Waals surface area contributed by atoms with Crippen molar-refractivity contribution in [3.63, 3.8) is 0 Å². The van der Waals surface area contributed by atoms with Crippen LogP contribution in [0.4, 0.5) is 13.2 Å². The molecule has 1 N–H and O–H groups in total. The topological polar surface area (TPSA) is 60.2 Å². The Morgan fingerprint density at radius 1 is 1.07 bits per heavy atom. The first-order valence-corrected chi connectivity index (χ1v) is 8.24. The first kappa shape index (κ1) is 19.2. The minimum Gasteiger partial charge on any atom is -0.457 e. The number of aromatic nitrogens is 3. The highest BCUT2D eigenvalue weighted by Crippen LogP contribution is 2.40. The summed E-state index contributed by atoms with van der Waals surface area (Å²) in [7, 11) is 0. The highest BCUT2D eigenvalue weighted by Gasteiger charge is 2.39. The van der Waals surface area contributed by atoms with Crippen molar-refractivity contribution in [1.82, 2.24) is 15.0 Å². The van der Waals surface area contributed by atoms with Crippen LogP contribution < -0.4 is 4.74 Å². The van der Waals surface area contributed by atoms with Gasteiger partial charge in [-0.3, -0.25) is 0 Å². The molecule has 9 heteroatoms. The van der Waals surface area contributed by atoms with Gasteiger partial charge in [-0.2, -0.15) is 13.2 Å². The van der Waals surface area contributed by atoms with E-state index in [4.69, 9.17) is 16.3 Å². The Bertz CT molecular complexity index is 911. The second-order valence-electron chi connectivity index (χ2n) is 6.14. The molecule has 27 heavy (non-hydrogen) atoms. The zero-order chi connectivity index (χ0) is 19.7. The third-order valence-electron chi connectivity index (χ3n) is 3.87. The number of benzene rings is 2. The lowest BCUT2D eigenvalue weighted by Crippen LogP contribution is -2.31. The lowest BCUT2D eigenvalue weighted by molar-refractivity contribution is -0.140. The Morgan fingerprint density at radius 3 is 2.33 bits per heavy atom. The summed E-state index contributed by atoms with van der Waals surface area (Å²) >= 11 is 5.79. The van der Waals surface area contributed by atoms with Crippen LogP contribution in [0.15, 0.2) is 54.9 Å². The summed E-state index contributed by atoms with van der Waals surface area (Å²) in [6, 6.07) is 9.66. The first-order chi connectivity index (χ1) is 12.6. The van der Waals surface area contributed by atoms with Gasteiger partial charge in [0.05, 0.1) is 18.3 Å². The maximum Gasteiger partial charge on any atom is 0.416 e. The Labute approximate surface area is 158 Å². The van der Waals surface area contributed by atoms with Gasteiger partial charge in [0.2, 0.25) is 0 Å². The molecule has 3 aromatic rings. The first-order valence-electron chi connectivity index (χ1n) is 7.87. The van der Waals surface area contributed by atoms with Crippen molar-refractivity contribution in [3.8, 4) is 11.5 Å². The Kier molecular flexibility index (Phi) is 5.12. The minimum absolute atomic E-state index is 0.00930. The van der Waals surface area contributed by atoms with Gasteiger partial charge < -0.3 is 9.84 Å². The zero-order valence-corrected chi connectivity index (χ0v) is 14.9. The Balaban J connectivity index is 1.95.